The number of nitrogens with zero attached hydrogens (tertiary/aromatic N) is 3. The van der Waals surface area contributed by atoms with Crippen molar-refractivity contribution in [2.24, 2.45) is 5.92 Å². The Labute approximate surface area is 241 Å². The van der Waals surface area contributed by atoms with Crippen molar-refractivity contribution in [1.82, 2.24) is 20.2 Å². The van der Waals surface area contributed by atoms with Crippen LogP contribution in [0.5, 0.6) is 0 Å². The van der Waals surface area contributed by atoms with Crippen molar-refractivity contribution < 1.29 is 23.5 Å². The maximum atomic E-state index is 14.6. The molecule has 4 heterocycles. The smallest absolute Gasteiger partial charge is 0.411 e. The van der Waals surface area contributed by atoms with Gasteiger partial charge < -0.3 is 20.3 Å². The van der Waals surface area contributed by atoms with Gasteiger partial charge >= 0.3 is 12.1 Å². The zero-order valence-corrected chi connectivity index (χ0v) is 23.4. The topological polar surface area (TPSA) is 126 Å². The SMILES string of the molecule is COC(=O)Nc1ccc2c(c1)NC(=O)[C@H](C)CCC[C@H](N1CCC(c3nccc(Cl)c3F)NC1=O)c1cc-2ccn1. The normalized spacial score (nSPS) is 21.0. The molecule has 4 amide bonds. The Hall–Kier alpha value is -4.25. The molecule has 1 fully saturated rings. The molecule has 2 aromatic heterocycles. The molecule has 0 saturated carbocycles. The standard InChI is InChI=1S/C29H30ClFN6O4/c1-16-4-3-5-24(37-13-10-21(36-28(37)39)26-25(31)20(30)9-12-33-26)23-14-17(8-11-32-23)19-7-6-18(34-29(40)41-2)15-22(19)35-27(16)38/h6-9,11-12,14-16,21,24H,3-5,10,13H2,1-2H3,(H,34,40)(H,35,38)(H,36,39)/t16-,21?,24+/m1/s1. The number of carbonyl (C=O) groups excluding carboxylic acids is 3. The maximum absolute atomic E-state index is 14.6. The molecule has 214 valence electrons. The van der Waals surface area contributed by atoms with Gasteiger partial charge in [0.05, 0.1) is 41.3 Å². The molecule has 3 N–H and O–H groups in total. The van der Waals surface area contributed by atoms with Crippen molar-refractivity contribution in [2.75, 3.05) is 24.3 Å². The van der Waals surface area contributed by atoms with E-state index in [1.54, 1.807) is 29.3 Å². The van der Waals surface area contributed by atoms with Crippen molar-refractivity contribution in [3.05, 3.63) is 71.0 Å². The summed E-state index contributed by atoms with van der Waals surface area (Å²) in [6, 6.07) is 8.98. The molecule has 41 heavy (non-hydrogen) atoms. The van der Waals surface area contributed by atoms with E-state index in [0.29, 0.717) is 49.3 Å². The first-order valence-corrected chi connectivity index (χ1v) is 13.8. The lowest BCUT2D eigenvalue weighted by Gasteiger charge is -2.38. The molecule has 3 atom stereocenters. The summed E-state index contributed by atoms with van der Waals surface area (Å²) in [5.41, 5.74) is 3.32. The van der Waals surface area contributed by atoms with E-state index in [-0.39, 0.29) is 34.6 Å². The minimum Gasteiger partial charge on any atom is -0.453 e. The molecule has 2 aliphatic rings. The average molecular weight is 581 g/mol. The summed E-state index contributed by atoms with van der Waals surface area (Å²) in [4.78, 5) is 48.7. The zero-order valence-electron chi connectivity index (χ0n) is 22.6. The van der Waals surface area contributed by atoms with Gasteiger partial charge in [-0.3, -0.25) is 20.1 Å². The van der Waals surface area contributed by atoms with Crippen LogP contribution in [-0.4, -0.2) is 46.6 Å². The molecule has 12 heteroatoms. The van der Waals surface area contributed by atoms with Gasteiger partial charge in [0, 0.05) is 36.1 Å². The van der Waals surface area contributed by atoms with Crippen molar-refractivity contribution in [1.29, 1.82) is 0 Å². The molecule has 2 bridgehead atoms. The van der Waals surface area contributed by atoms with Crippen molar-refractivity contribution >= 4 is 41.0 Å². The van der Waals surface area contributed by atoms with E-state index >= 15 is 0 Å². The first-order valence-electron chi connectivity index (χ1n) is 13.4. The zero-order chi connectivity index (χ0) is 29.1. The predicted octanol–water partition coefficient (Wildman–Crippen LogP) is 6.07. The van der Waals surface area contributed by atoms with Gasteiger partial charge in [-0.2, -0.15) is 0 Å². The Kier molecular flexibility index (Phi) is 8.34. The number of amides is 4. The molecule has 0 radical (unpaired) electrons. The Balaban J connectivity index is 1.47. The number of nitrogens with one attached hydrogen (secondary N) is 3. The number of urea groups is 1. The van der Waals surface area contributed by atoms with Crippen LogP contribution in [0.2, 0.25) is 5.02 Å². The lowest BCUT2D eigenvalue weighted by molar-refractivity contribution is -0.119. The number of ether oxygens (including phenoxy) is 1. The van der Waals surface area contributed by atoms with Gasteiger partial charge in [-0.1, -0.05) is 31.0 Å². The summed E-state index contributed by atoms with van der Waals surface area (Å²) in [5, 5.41) is 8.48. The van der Waals surface area contributed by atoms with E-state index in [4.69, 9.17) is 16.3 Å². The van der Waals surface area contributed by atoms with Gasteiger partial charge in [0.1, 0.15) is 0 Å². The Morgan fingerprint density at radius 1 is 1.12 bits per heavy atom. The van der Waals surface area contributed by atoms with E-state index in [9.17, 15) is 18.8 Å². The fourth-order valence-corrected chi connectivity index (χ4v) is 5.42. The third-order valence-corrected chi connectivity index (χ3v) is 7.79. The molecule has 10 nitrogen and oxygen atoms in total. The van der Waals surface area contributed by atoms with Gasteiger partial charge in [-0.05, 0) is 55.2 Å². The number of fused-ring (bicyclic) bond motifs is 4. The predicted molar refractivity (Wildman–Crippen MR) is 152 cm³/mol. The second-order valence-electron chi connectivity index (χ2n) is 10.2. The highest BCUT2D eigenvalue weighted by Gasteiger charge is 2.34. The summed E-state index contributed by atoms with van der Waals surface area (Å²) in [7, 11) is 1.27. The Morgan fingerprint density at radius 3 is 2.71 bits per heavy atom. The highest BCUT2D eigenvalue weighted by Crippen LogP contribution is 2.37. The number of hydrogen-bond donors (Lipinski definition) is 3. The van der Waals surface area contributed by atoms with E-state index in [2.05, 4.69) is 25.9 Å². The summed E-state index contributed by atoms with van der Waals surface area (Å²) in [5.74, 6) is -1.09. The van der Waals surface area contributed by atoms with Crippen LogP contribution in [0.15, 0.2) is 48.8 Å². The molecule has 1 aromatic carbocycles. The maximum Gasteiger partial charge on any atom is 0.411 e. The van der Waals surface area contributed by atoms with E-state index in [1.807, 2.05) is 19.1 Å². The largest absolute Gasteiger partial charge is 0.453 e. The van der Waals surface area contributed by atoms with Crippen molar-refractivity contribution in [2.45, 2.75) is 44.7 Å². The minimum atomic E-state index is -0.635. The number of rotatable bonds is 3. The number of hydrogen-bond acceptors (Lipinski definition) is 6. The fraction of sp³-hybridized carbons (Fsp3) is 0.345. The molecular weight excluding hydrogens is 551 g/mol. The van der Waals surface area contributed by atoms with Crippen LogP contribution in [0.1, 0.15) is 56.1 Å². The van der Waals surface area contributed by atoms with Crippen LogP contribution in [0.25, 0.3) is 11.1 Å². The molecule has 3 aromatic rings. The molecule has 1 unspecified atom stereocenters. The van der Waals surface area contributed by atoms with Gasteiger partial charge in [0.15, 0.2) is 5.82 Å². The number of benzene rings is 1. The van der Waals surface area contributed by atoms with Crippen LogP contribution < -0.4 is 16.0 Å². The monoisotopic (exact) mass is 580 g/mol. The van der Waals surface area contributed by atoms with E-state index in [0.717, 1.165) is 11.1 Å². The fourth-order valence-electron chi connectivity index (χ4n) is 5.27. The van der Waals surface area contributed by atoms with Crippen molar-refractivity contribution in [3.8, 4) is 11.1 Å². The van der Waals surface area contributed by atoms with E-state index < -0.39 is 18.0 Å². The van der Waals surface area contributed by atoms with Gasteiger partial charge in [-0.25, -0.2) is 14.0 Å². The number of pyridine rings is 2. The number of carbonyl (C=O) groups is 3. The summed E-state index contributed by atoms with van der Waals surface area (Å²) >= 11 is 5.94. The highest BCUT2D eigenvalue weighted by molar-refractivity contribution is 6.30. The van der Waals surface area contributed by atoms with Crippen LogP contribution >= 0.6 is 11.6 Å². The minimum absolute atomic E-state index is 0.0429. The lowest BCUT2D eigenvalue weighted by atomic mass is 9.94. The molecular formula is C29H30ClFN6O4. The molecule has 0 spiro atoms. The second-order valence-corrected chi connectivity index (χ2v) is 10.6. The first kappa shape index (κ1) is 28.3. The van der Waals surface area contributed by atoms with E-state index in [1.165, 1.54) is 19.4 Å². The summed E-state index contributed by atoms with van der Waals surface area (Å²) in [6.45, 7) is 2.21. The summed E-state index contributed by atoms with van der Waals surface area (Å²) < 4.78 is 19.3. The van der Waals surface area contributed by atoms with Crippen molar-refractivity contribution in [3.63, 3.8) is 0 Å². The van der Waals surface area contributed by atoms with Crippen LogP contribution in [0, 0.1) is 11.7 Å². The average Bonchev–Trinajstić information content (AvgIpc) is 2.96. The second kappa shape index (κ2) is 12.1. The third kappa shape index (κ3) is 6.09. The molecule has 1 saturated heterocycles. The highest BCUT2D eigenvalue weighted by atomic mass is 35.5. The number of anilines is 2. The number of methoxy groups -OCH3 is 1. The van der Waals surface area contributed by atoms with Crippen LogP contribution in [0.4, 0.5) is 25.4 Å². The van der Waals surface area contributed by atoms with Gasteiger partial charge in [0.25, 0.3) is 0 Å². The third-order valence-electron chi connectivity index (χ3n) is 7.50. The quantitative estimate of drug-likeness (QED) is 0.345. The Morgan fingerprint density at radius 2 is 1.93 bits per heavy atom. The summed E-state index contributed by atoms with van der Waals surface area (Å²) in [6.07, 6.45) is 4.75. The lowest BCUT2D eigenvalue weighted by Crippen LogP contribution is -2.50. The number of aromatic nitrogens is 2. The Bertz CT molecular complexity index is 1490. The molecule has 2 aliphatic heterocycles. The van der Waals surface area contributed by atoms with Crippen LogP contribution in [0.3, 0.4) is 0 Å². The van der Waals surface area contributed by atoms with Gasteiger partial charge in [0.2, 0.25) is 5.91 Å². The first-order chi connectivity index (χ1) is 19.7. The van der Waals surface area contributed by atoms with Gasteiger partial charge in [-0.15, -0.1) is 0 Å². The molecule has 5 rings (SSSR count). The number of halogens is 2. The van der Waals surface area contributed by atoms with Crippen LogP contribution in [-0.2, 0) is 9.53 Å². The molecule has 0 aliphatic carbocycles.